The Bertz CT molecular complexity index is 389. The highest BCUT2D eigenvalue weighted by Gasteiger charge is 2.34. The molecular weight excluding hydrogens is 396 g/mol. The molecule has 0 aliphatic carbocycles. The van der Waals surface area contributed by atoms with Gasteiger partial charge in [-0.15, -0.1) is 0 Å². The van der Waals surface area contributed by atoms with Gasteiger partial charge < -0.3 is 73.6 Å². The van der Waals surface area contributed by atoms with Gasteiger partial charge in [-0.25, -0.2) is 9.59 Å². The lowest BCUT2D eigenvalue weighted by Crippen LogP contribution is -2.48. The fraction of sp³-hybridized carbons (Fsp3) is 0.833. The molecule has 0 aromatic rings. The summed E-state index contributed by atoms with van der Waals surface area (Å²) in [7, 11) is 0. The minimum absolute atomic E-state index is 0. The summed E-state index contributed by atoms with van der Waals surface area (Å²) in [6.07, 6.45) is -15.7. The molecule has 0 rings (SSSR count). The zero-order valence-corrected chi connectivity index (χ0v) is 14.6. The molecule has 0 aliphatic rings. The van der Waals surface area contributed by atoms with Crippen LogP contribution in [0.2, 0.25) is 0 Å². The fourth-order valence-corrected chi connectivity index (χ4v) is 1.34. The van der Waals surface area contributed by atoms with E-state index in [1.165, 1.54) is 0 Å². The monoisotopic (exact) mass is 426 g/mol. The second kappa shape index (κ2) is 16.4. The summed E-state index contributed by atoms with van der Waals surface area (Å²) in [5.74, 6) is -3.45. The summed E-state index contributed by atoms with van der Waals surface area (Å²) >= 11 is 0. The molecule has 0 radical (unpaired) electrons. The molecule has 0 saturated heterocycles. The Balaban J connectivity index is -0.000000192. The highest BCUT2D eigenvalue weighted by atomic mass is 16.4. The van der Waals surface area contributed by atoms with Gasteiger partial charge in [-0.1, -0.05) is 0 Å². The minimum atomic E-state index is -2.20. The first-order valence-electron chi connectivity index (χ1n) is 6.95. The summed E-state index contributed by atoms with van der Waals surface area (Å²) in [5, 5.41) is 104. The number of hydrogen-bond donors (Lipinski definition) is 14. The lowest BCUT2D eigenvalue weighted by molar-refractivity contribution is -0.164. The largest absolute Gasteiger partial charge is 0.479 e. The number of aliphatic carboxylic acids is 2. The molecule has 0 spiro atoms. The van der Waals surface area contributed by atoms with E-state index < -0.39 is 74.0 Å². The van der Waals surface area contributed by atoms with E-state index in [-0.39, 0.29) is 12.3 Å². The van der Waals surface area contributed by atoms with Gasteiger partial charge in [0.1, 0.15) is 36.6 Å². The van der Waals surface area contributed by atoms with Crippen LogP contribution >= 0.6 is 0 Å². The predicted molar refractivity (Wildman–Crippen MR) is 87.5 cm³/mol. The smallest absolute Gasteiger partial charge is 0.335 e. The molecule has 0 bridgehead atoms. The number of carboxylic acids is 2. The second-order valence-electron chi connectivity index (χ2n) is 5.03. The first kappa shape index (κ1) is 34.0. The number of aliphatic hydroxyl groups excluding tert-OH is 10. The Morgan fingerprint density at radius 2 is 0.750 bits per heavy atom. The maximum Gasteiger partial charge on any atom is 0.335 e. The van der Waals surface area contributed by atoms with Gasteiger partial charge >= 0.3 is 11.9 Å². The molecule has 16 nitrogen and oxygen atoms in total. The lowest BCUT2D eigenvalue weighted by atomic mass is 10.0. The third kappa shape index (κ3) is 11.3. The van der Waals surface area contributed by atoms with E-state index in [0.29, 0.717) is 0 Å². The second-order valence-corrected chi connectivity index (χ2v) is 5.03. The van der Waals surface area contributed by atoms with Crippen LogP contribution < -0.4 is 12.3 Å². The van der Waals surface area contributed by atoms with Crippen molar-refractivity contribution in [2.24, 2.45) is 0 Å². The molecule has 172 valence electrons. The van der Waals surface area contributed by atoms with Crippen LogP contribution in [-0.4, -0.2) is 135 Å². The summed E-state index contributed by atoms with van der Waals surface area (Å²) in [6, 6.07) is 0. The van der Waals surface area contributed by atoms with E-state index in [2.05, 4.69) is 0 Å². The van der Waals surface area contributed by atoms with Gasteiger partial charge in [-0.05, 0) is 0 Å². The normalized spacial score (nSPS) is 18.9. The molecular formula is C12H30N2O14. The summed E-state index contributed by atoms with van der Waals surface area (Å²) in [4.78, 5) is 20.2. The van der Waals surface area contributed by atoms with Crippen molar-refractivity contribution in [3.05, 3.63) is 0 Å². The fourth-order valence-electron chi connectivity index (χ4n) is 1.34. The van der Waals surface area contributed by atoms with Gasteiger partial charge in [0.25, 0.3) is 0 Å². The zero-order chi connectivity index (χ0) is 21.2. The van der Waals surface area contributed by atoms with Crippen LogP contribution in [0.3, 0.4) is 0 Å². The van der Waals surface area contributed by atoms with Crippen LogP contribution in [0.1, 0.15) is 0 Å². The van der Waals surface area contributed by atoms with Crippen LogP contribution in [0.25, 0.3) is 0 Å². The molecule has 0 unspecified atom stereocenters. The van der Waals surface area contributed by atoms with E-state index in [9.17, 15) is 9.59 Å². The van der Waals surface area contributed by atoms with E-state index in [1.807, 2.05) is 0 Å². The number of carboxylic acid groups (broad SMARTS) is 2. The van der Waals surface area contributed by atoms with Crippen LogP contribution in [0.5, 0.6) is 0 Å². The molecule has 0 saturated carbocycles. The number of rotatable bonds is 10. The van der Waals surface area contributed by atoms with Crippen molar-refractivity contribution < 1.29 is 70.9 Å². The molecule has 28 heavy (non-hydrogen) atoms. The van der Waals surface area contributed by atoms with Gasteiger partial charge in [-0.2, -0.15) is 0 Å². The highest BCUT2D eigenvalue weighted by Crippen LogP contribution is 2.05. The van der Waals surface area contributed by atoms with Crippen molar-refractivity contribution in [1.82, 2.24) is 12.3 Å². The van der Waals surface area contributed by atoms with Crippen LogP contribution in [0.15, 0.2) is 0 Å². The first-order chi connectivity index (χ1) is 11.8. The third-order valence-corrected chi connectivity index (χ3v) is 3.02. The molecule has 0 fully saturated rings. The first-order valence-corrected chi connectivity index (χ1v) is 6.95. The van der Waals surface area contributed by atoms with Crippen molar-refractivity contribution in [3.8, 4) is 0 Å². The third-order valence-electron chi connectivity index (χ3n) is 3.02. The summed E-state index contributed by atoms with van der Waals surface area (Å²) in [5.41, 5.74) is 0. The standard InChI is InChI=1S/2C6H12O7.2H3N/c2*7-1-2(8)3(9)4(10)5(11)6(12)13;;/h2*2-5,7-11H,1H2,(H,12,13);2*1H3/t2*2-,3-,4+,5-;;/m00../s1. The SMILES string of the molecule is N.N.O=C(O)[C@@H](O)[C@H](O)[C@@H](O)[C@@H](O)CO.O=C(O)[C@@H](O)[C@H](O)[C@@H](O)[C@@H](O)CO. The van der Waals surface area contributed by atoms with Crippen molar-refractivity contribution >= 4 is 11.9 Å². The van der Waals surface area contributed by atoms with Crippen LogP contribution in [0.4, 0.5) is 0 Å². The average molecular weight is 426 g/mol. The molecule has 8 atom stereocenters. The Hall–Kier alpha value is -1.54. The Kier molecular flexibility index (Phi) is 19.9. The summed E-state index contributed by atoms with van der Waals surface area (Å²) < 4.78 is 0. The Morgan fingerprint density at radius 3 is 0.893 bits per heavy atom. The highest BCUT2D eigenvalue weighted by molar-refractivity contribution is 5.73. The van der Waals surface area contributed by atoms with E-state index in [4.69, 9.17) is 61.3 Å². The Labute approximate surface area is 158 Å². The van der Waals surface area contributed by atoms with E-state index in [0.717, 1.165) is 0 Å². The van der Waals surface area contributed by atoms with Gasteiger partial charge in [0.05, 0.1) is 13.2 Å². The topological polar surface area (TPSA) is 347 Å². The molecule has 0 aliphatic heterocycles. The molecule has 18 N–H and O–H groups in total. The molecule has 0 aromatic carbocycles. The lowest BCUT2D eigenvalue weighted by Gasteiger charge is -2.23. The maximum absolute atomic E-state index is 10.1. The van der Waals surface area contributed by atoms with E-state index in [1.54, 1.807) is 0 Å². The molecule has 0 heterocycles. The molecule has 0 amide bonds. The summed E-state index contributed by atoms with van der Waals surface area (Å²) in [6.45, 7) is -1.69. The predicted octanol–water partition coefficient (Wildman–Crippen LogP) is -6.66. The molecule has 16 heteroatoms. The van der Waals surface area contributed by atoms with Crippen molar-refractivity contribution in [2.75, 3.05) is 13.2 Å². The number of carbonyl (C=O) groups is 2. The van der Waals surface area contributed by atoms with Crippen LogP contribution in [0, 0.1) is 0 Å². The average Bonchev–Trinajstić information content (AvgIpc) is 2.62. The maximum atomic E-state index is 10.1. The van der Waals surface area contributed by atoms with Gasteiger partial charge in [-0.3, -0.25) is 0 Å². The van der Waals surface area contributed by atoms with Crippen molar-refractivity contribution in [2.45, 2.75) is 48.8 Å². The van der Waals surface area contributed by atoms with Gasteiger partial charge in [0.2, 0.25) is 0 Å². The van der Waals surface area contributed by atoms with Gasteiger partial charge in [0, 0.05) is 0 Å². The Morgan fingerprint density at radius 1 is 0.536 bits per heavy atom. The molecule has 0 aromatic heterocycles. The minimum Gasteiger partial charge on any atom is -0.479 e. The van der Waals surface area contributed by atoms with Crippen LogP contribution in [-0.2, 0) is 9.59 Å². The van der Waals surface area contributed by atoms with Gasteiger partial charge in [0.15, 0.2) is 12.2 Å². The number of hydrogen-bond acceptors (Lipinski definition) is 14. The van der Waals surface area contributed by atoms with E-state index >= 15 is 0 Å². The number of aliphatic hydroxyl groups is 10. The van der Waals surface area contributed by atoms with Crippen molar-refractivity contribution in [3.63, 3.8) is 0 Å². The quantitative estimate of drug-likeness (QED) is 0.154. The van der Waals surface area contributed by atoms with Crippen molar-refractivity contribution in [1.29, 1.82) is 0 Å². The zero-order valence-electron chi connectivity index (χ0n) is 14.6.